The van der Waals surface area contributed by atoms with Crippen LogP contribution >= 0.6 is 11.6 Å². The third-order valence-corrected chi connectivity index (χ3v) is 3.58. The van der Waals surface area contributed by atoms with Gasteiger partial charge in [-0.3, -0.25) is 0 Å². The number of ether oxygens (including phenoxy) is 1. The Kier molecular flexibility index (Phi) is 3.09. The molecule has 98 valence electrons. The Bertz CT molecular complexity index is 729. The number of para-hydroxylation sites is 1. The Morgan fingerprint density at radius 2 is 1.80 bits per heavy atom. The molecular formula is C16H11ClN2O. The molecule has 0 unspecified atom stereocenters. The van der Waals surface area contributed by atoms with Crippen LogP contribution in [0.2, 0.25) is 5.02 Å². The third-order valence-electron chi connectivity index (χ3n) is 3.33. The van der Waals surface area contributed by atoms with E-state index in [1.54, 1.807) is 12.1 Å². The highest BCUT2D eigenvalue weighted by Gasteiger charge is 2.29. The van der Waals surface area contributed by atoms with Crippen LogP contribution in [0.3, 0.4) is 0 Å². The molecule has 0 fully saturated rings. The Morgan fingerprint density at radius 1 is 1.10 bits per heavy atom. The van der Waals surface area contributed by atoms with Crippen molar-refractivity contribution in [1.82, 2.24) is 0 Å². The Hall–Kier alpha value is -2.44. The zero-order valence-electron chi connectivity index (χ0n) is 10.5. The van der Waals surface area contributed by atoms with Crippen LogP contribution < -0.4 is 10.5 Å². The predicted octanol–water partition coefficient (Wildman–Crippen LogP) is 3.56. The summed E-state index contributed by atoms with van der Waals surface area (Å²) in [6, 6.07) is 17.2. The number of halogens is 1. The molecule has 1 aliphatic rings. The third kappa shape index (κ3) is 2.01. The lowest BCUT2D eigenvalue weighted by Gasteiger charge is -2.26. The minimum atomic E-state index is -0.220. The second kappa shape index (κ2) is 4.92. The van der Waals surface area contributed by atoms with Crippen LogP contribution in [0.1, 0.15) is 17.0 Å². The van der Waals surface area contributed by atoms with Crippen LogP contribution in [0.15, 0.2) is 60.0 Å². The van der Waals surface area contributed by atoms with Crippen molar-refractivity contribution >= 4 is 11.6 Å². The monoisotopic (exact) mass is 282 g/mol. The molecular weight excluding hydrogens is 272 g/mol. The Balaban J connectivity index is 2.20. The quantitative estimate of drug-likeness (QED) is 0.870. The lowest BCUT2D eigenvalue weighted by molar-refractivity contribution is 0.393. The van der Waals surface area contributed by atoms with Gasteiger partial charge < -0.3 is 10.5 Å². The van der Waals surface area contributed by atoms with Crippen LogP contribution in [-0.4, -0.2) is 0 Å². The molecule has 0 spiro atoms. The summed E-state index contributed by atoms with van der Waals surface area (Å²) < 4.78 is 5.52. The molecule has 0 aliphatic carbocycles. The Morgan fingerprint density at radius 3 is 2.50 bits per heavy atom. The van der Waals surface area contributed by atoms with Crippen molar-refractivity contribution in [3.05, 3.63) is 76.1 Å². The van der Waals surface area contributed by atoms with E-state index < -0.39 is 0 Å². The van der Waals surface area contributed by atoms with E-state index >= 15 is 0 Å². The molecule has 2 aromatic carbocycles. The lowest BCUT2D eigenvalue weighted by atomic mass is 9.84. The highest BCUT2D eigenvalue weighted by molar-refractivity contribution is 6.30. The van der Waals surface area contributed by atoms with Crippen molar-refractivity contribution < 1.29 is 4.74 Å². The maximum absolute atomic E-state index is 9.38. The molecule has 0 saturated heterocycles. The first kappa shape index (κ1) is 12.6. The van der Waals surface area contributed by atoms with Gasteiger partial charge in [0.1, 0.15) is 17.4 Å². The fourth-order valence-electron chi connectivity index (χ4n) is 2.40. The summed E-state index contributed by atoms with van der Waals surface area (Å²) in [5.41, 5.74) is 8.19. The molecule has 2 N–H and O–H groups in total. The summed E-state index contributed by atoms with van der Waals surface area (Å²) in [6.45, 7) is 0. The lowest BCUT2D eigenvalue weighted by Crippen LogP contribution is -2.20. The second-order valence-electron chi connectivity index (χ2n) is 4.51. The van der Waals surface area contributed by atoms with Gasteiger partial charge in [-0.05, 0) is 23.8 Å². The van der Waals surface area contributed by atoms with Gasteiger partial charge in [-0.15, -0.1) is 0 Å². The summed E-state index contributed by atoms with van der Waals surface area (Å²) in [4.78, 5) is 0. The van der Waals surface area contributed by atoms with Crippen molar-refractivity contribution in [2.45, 2.75) is 5.92 Å². The van der Waals surface area contributed by atoms with Gasteiger partial charge in [-0.2, -0.15) is 5.26 Å². The van der Waals surface area contributed by atoms with Gasteiger partial charge in [-0.1, -0.05) is 41.9 Å². The normalized spacial score (nSPS) is 17.1. The van der Waals surface area contributed by atoms with E-state index in [1.807, 2.05) is 36.4 Å². The minimum absolute atomic E-state index is 0.158. The smallest absolute Gasteiger partial charge is 0.205 e. The second-order valence-corrected chi connectivity index (χ2v) is 4.95. The van der Waals surface area contributed by atoms with Crippen molar-refractivity contribution in [3.8, 4) is 11.8 Å². The molecule has 3 nitrogen and oxygen atoms in total. The van der Waals surface area contributed by atoms with Crippen LogP contribution in [-0.2, 0) is 0 Å². The zero-order chi connectivity index (χ0) is 14.1. The Labute approximate surface area is 121 Å². The van der Waals surface area contributed by atoms with Gasteiger partial charge in [0.25, 0.3) is 0 Å². The first-order valence-electron chi connectivity index (χ1n) is 6.12. The van der Waals surface area contributed by atoms with E-state index in [0.717, 1.165) is 11.1 Å². The van der Waals surface area contributed by atoms with Crippen molar-refractivity contribution in [2.24, 2.45) is 5.73 Å². The number of hydrogen-bond acceptors (Lipinski definition) is 3. The number of benzene rings is 2. The fourth-order valence-corrected chi connectivity index (χ4v) is 2.53. The topological polar surface area (TPSA) is 59.0 Å². The molecule has 20 heavy (non-hydrogen) atoms. The van der Waals surface area contributed by atoms with E-state index in [1.165, 1.54) is 0 Å². The summed E-state index contributed by atoms with van der Waals surface area (Å²) in [6.07, 6.45) is 0. The number of nitrogens with two attached hydrogens (primary N) is 1. The average molecular weight is 283 g/mol. The van der Waals surface area contributed by atoms with Crippen molar-refractivity contribution in [3.63, 3.8) is 0 Å². The van der Waals surface area contributed by atoms with Crippen LogP contribution in [0.4, 0.5) is 0 Å². The number of allylic oxidation sites excluding steroid dienone is 1. The first-order chi connectivity index (χ1) is 9.70. The van der Waals surface area contributed by atoms with E-state index in [9.17, 15) is 5.26 Å². The predicted molar refractivity (Wildman–Crippen MR) is 77.2 cm³/mol. The molecule has 2 aromatic rings. The molecule has 0 saturated carbocycles. The van der Waals surface area contributed by atoms with Gasteiger partial charge in [0, 0.05) is 10.6 Å². The number of fused-ring (bicyclic) bond motifs is 1. The largest absolute Gasteiger partial charge is 0.440 e. The summed E-state index contributed by atoms with van der Waals surface area (Å²) >= 11 is 5.92. The van der Waals surface area contributed by atoms with Gasteiger partial charge in [0.05, 0.1) is 5.92 Å². The molecule has 0 aromatic heterocycles. The molecule has 0 amide bonds. The summed E-state index contributed by atoms with van der Waals surface area (Å²) in [5.74, 6) is 0.623. The summed E-state index contributed by atoms with van der Waals surface area (Å²) in [5, 5.41) is 10.0. The van der Waals surface area contributed by atoms with Crippen LogP contribution in [0.5, 0.6) is 5.75 Å². The molecule has 4 heteroatoms. The fraction of sp³-hybridized carbons (Fsp3) is 0.0625. The molecule has 1 heterocycles. The van der Waals surface area contributed by atoms with E-state index in [-0.39, 0.29) is 11.8 Å². The summed E-state index contributed by atoms with van der Waals surface area (Å²) in [7, 11) is 0. The van der Waals surface area contributed by atoms with Gasteiger partial charge >= 0.3 is 0 Å². The number of rotatable bonds is 1. The van der Waals surface area contributed by atoms with E-state index in [2.05, 4.69) is 6.07 Å². The number of nitriles is 1. The van der Waals surface area contributed by atoms with Gasteiger partial charge in [-0.25, -0.2) is 0 Å². The number of hydrogen-bond donors (Lipinski definition) is 1. The van der Waals surface area contributed by atoms with Gasteiger partial charge in [0.2, 0.25) is 5.88 Å². The van der Waals surface area contributed by atoms with Crippen molar-refractivity contribution in [1.29, 1.82) is 5.26 Å². The maximum Gasteiger partial charge on any atom is 0.205 e. The molecule has 0 radical (unpaired) electrons. The minimum Gasteiger partial charge on any atom is -0.440 e. The van der Waals surface area contributed by atoms with E-state index in [4.69, 9.17) is 22.1 Å². The molecule has 1 atom stereocenters. The van der Waals surface area contributed by atoms with E-state index in [0.29, 0.717) is 16.3 Å². The zero-order valence-corrected chi connectivity index (χ0v) is 11.3. The standard InChI is InChI=1S/C16H11ClN2O/c17-11-7-5-10(6-8-11)15-12-3-1-2-4-14(12)20-16(19)13(15)9-18/h1-8,15H,19H2/t15-/m0/s1. The average Bonchev–Trinajstić information content (AvgIpc) is 2.47. The highest BCUT2D eigenvalue weighted by atomic mass is 35.5. The highest BCUT2D eigenvalue weighted by Crippen LogP contribution is 2.41. The molecule has 0 bridgehead atoms. The maximum atomic E-state index is 9.38. The van der Waals surface area contributed by atoms with Gasteiger partial charge in [0.15, 0.2) is 0 Å². The van der Waals surface area contributed by atoms with Crippen LogP contribution in [0.25, 0.3) is 0 Å². The molecule has 1 aliphatic heterocycles. The van der Waals surface area contributed by atoms with Crippen molar-refractivity contribution in [2.75, 3.05) is 0 Å². The van der Waals surface area contributed by atoms with Crippen LogP contribution in [0, 0.1) is 11.3 Å². The number of nitrogens with zero attached hydrogens (tertiary/aromatic N) is 1. The SMILES string of the molecule is N#CC1=C(N)Oc2ccccc2[C@@H]1c1ccc(Cl)cc1. The molecule has 3 rings (SSSR count). The first-order valence-corrected chi connectivity index (χ1v) is 6.50.